The Morgan fingerprint density at radius 3 is 2.35 bits per heavy atom. The number of alkyl carbamates (subject to hydrolysis) is 1. The molecule has 7 heteroatoms. The van der Waals surface area contributed by atoms with Gasteiger partial charge in [-0.3, -0.25) is 4.90 Å². The third kappa shape index (κ3) is 5.89. The summed E-state index contributed by atoms with van der Waals surface area (Å²) in [4.78, 5) is 25.0. The summed E-state index contributed by atoms with van der Waals surface area (Å²) in [5, 5.41) is 2.95. The molecule has 1 saturated carbocycles. The van der Waals surface area contributed by atoms with Gasteiger partial charge in [0.1, 0.15) is 11.7 Å². The van der Waals surface area contributed by atoms with Crippen molar-refractivity contribution in [3.63, 3.8) is 0 Å². The summed E-state index contributed by atoms with van der Waals surface area (Å²) >= 11 is 0. The third-order valence-electron chi connectivity index (χ3n) is 4.38. The number of hydrogen-bond donors (Lipinski definition) is 2. The molecule has 0 radical (unpaired) electrons. The van der Waals surface area contributed by atoms with Crippen molar-refractivity contribution >= 4 is 12.2 Å². The second-order valence-electron chi connectivity index (χ2n) is 7.49. The van der Waals surface area contributed by atoms with Gasteiger partial charge in [-0.05, 0) is 52.9 Å². The highest BCUT2D eigenvalue weighted by atomic mass is 16.6. The summed E-state index contributed by atoms with van der Waals surface area (Å²) in [5.41, 5.74) is 4.59. The largest absolute Gasteiger partial charge is 0.446 e. The van der Waals surface area contributed by atoms with Crippen molar-refractivity contribution in [3.05, 3.63) is 0 Å². The van der Waals surface area contributed by atoms with Gasteiger partial charge in [0.25, 0.3) is 0 Å². The number of amides is 2. The van der Waals surface area contributed by atoms with Crippen LogP contribution in [-0.4, -0.2) is 54.0 Å². The van der Waals surface area contributed by atoms with Gasteiger partial charge < -0.3 is 20.5 Å². The number of nitrogens with zero attached hydrogens (tertiary/aromatic N) is 1. The van der Waals surface area contributed by atoms with Crippen molar-refractivity contribution in [3.8, 4) is 0 Å². The minimum absolute atomic E-state index is 0.0398. The molecule has 0 spiro atoms. The van der Waals surface area contributed by atoms with Crippen LogP contribution >= 0.6 is 0 Å². The maximum atomic E-state index is 11.8. The first-order chi connectivity index (χ1) is 10.7. The molecule has 23 heavy (non-hydrogen) atoms. The fourth-order valence-corrected chi connectivity index (χ4v) is 3.40. The van der Waals surface area contributed by atoms with Gasteiger partial charge in [-0.1, -0.05) is 0 Å². The van der Waals surface area contributed by atoms with E-state index in [0.717, 1.165) is 45.2 Å². The number of primary amides is 1. The van der Waals surface area contributed by atoms with Crippen LogP contribution in [0.1, 0.15) is 52.9 Å². The number of nitrogens with two attached hydrogens (primary N) is 1. The number of ether oxygens (including phenoxy) is 2. The van der Waals surface area contributed by atoms with Crippen molar-refractivity contribution < 1.29 is 19.1 Å². The predicted molar refractivity (Wildman–Crippen MR) is 86.1 cm³/mol. The molecule has 132 valence electrons. The zero-order valence-electron chi connectivity index (χ0n) is 14.3. The van der Waals surface area contributed by atoms with Crippen LogP contribution in [0.2, 0.25) is 0 Å². The molecular weight excluding hydrogens is 298 g/mol. The summed E-state index contributed by atoms with van der Waals surface area (Å²) in [6.07, 6.45) is 3.58. The number of carbonyl (C=O) groups is 2. The Kier molecular flexibility index (Phi) is 5.73. The second kappa shape index (κ2) is 7.38. The van der Waals surface area contributed by atoms with E-state index in [2.05, 4.69) is 10.2 Å². The molecule has 2 aliphatic rings. The maximum absolute atomic E-state index is 11.8. The van der Waals surface area contributed by atoms with Crippen LogP contribution in [0, 0.1) is 0 Å². The third-order valence-corrected chi connectivity index (χ3v) is 4.38. The lowest BCUT2D eigenvalue weighted by molar-refractivity contribution is 0.0494. The molecule has 2 rings (SSSR count). The van der Waals surface area contributed by atoms with E-state index in [-0.39, 0.29) is 18.2 Å². The number of carbonyl (C=O) groups excluding carboxylic acids is 2. The van der Waals surface area contributed by atoms with E-state index in [1.807, 2.05) is 20.8 Å². The molecule has 0 unspecified atom stereocenters. The van der Waals surface area contributed by atoms with Gasteiger partial charge in [0.05, 0.1) is 0 Å². The highest BCUT2D eigenvalue weighted by Crippen LogP contribution is 2.27. The monoisotopic (exact) mass is 327 g/mol. The van der Waals surface area contributed by atoms with Gasteiger partial charge in [-0.25, -0.2) is 9.59 Å². The quantitative estimate of drug-likeness (QED) is 0.827. The number of rotatable bonds is 3. The van der Waals surface area contributed by atoms with Crippen molar-refractivity contribution in [1.29, 1.82) is 0 Å². The second-order valence-corrected chi connectivity index (χ2v) is 7.49. The van der Waals surface area contributed by atoms with Gasteiger partial charge in [0, 0.05) is 25.2 Å². The lowest BCUT2D eigenvalue weighted by atomic mass is 9.92. The van der Waals surface area contributed by atoms with Crippen molar-refractivity contribution in [2.45, 2.75) is 76.7 Å². The molecule has 0 aromatic heterocycles. The summed E-state index contributed by atoms with van der Waals surface area (Å²) in [7, 11) is 0. The topological polar surface area (TPSA) is 93.9 Å². The Labute approximate surface area is 137 Å². The molecule has 3 N–H and O–H groups in total. The first-order valence-corrected chi connectivity index (χ1v) is 8.42. The first-order valence-electron chi connectivity index (χ1n) is 8.42. The number of likely N-dealkylation sites (tertiary alicyclic amines) is 1. The van der Waals surface area contributed by atoms with Gasteiger partial charge in [0.2, 0.25) is 0 Å². The van der Waals surface area contributed by atoms with E-state index in [1.54, 1.807) is 0 Å². The van der Waals surface area contributed by atoms with Gasteiger partial charge in [-0.2, -0.15) is 0 Å². The molecule has 1 aliphatic heterocycles. The predicted octanol–water partition coefficient (Wildman–Crippen LogP) is 1.99. The summed E-state index contributed by atoms with van der Waals surface area (Å²) < 4.78 is 10.4. The van der Waals surface area contributed by atoms with Crippen LogP contribution in [-0.2, 0) is 9.47 Å². The molecule has 1 aliphatic carbocycles. The minimum Gasteiger partial charge on any atom is -0.446 e. The Hall–Kier alpha value is -1.50. The first kappa shape index (κ1) is 17.8. The molecule has 1 heterocycles. The Bertz CT molecular complexity index is 428. The molecule has 0 aromatic carbocycles. The Morgan fingerprint density at radius 1 is 1.13 bits per heavy atom. The standard InChI is InChI=1S/C16H29N3O4/c1-16(2,3)23-15(21)18-11-8-9-19(10-11)12-4-6-13(7-5-12)22-14(17)20/h11-13H,4-10H2,1-3H3,(H2,17,20)(H,18,21)/t11-,12?,13?/m0/s1. The molecule has 1 saturated heterocycles. The van der Waals surface area contributed by atoms with E-state index in [0.29, 0.717) is 6.04 Å². The van der Waals surface area contributed by atoms with E-state index < -0.39 is 11.7 Å². The van der Waals surface area contributed by atoms with Gasteiger partial charge in [0.15, 0.2) is 0 Å². The molecule has 2 fully saturated rings. The Balaban J connectivity index is 1.71. The SMILES string of the molecule is CC(C)(C)OC(=O)N[C@H]1CCN(C2CCC(OC(N)=O)CC2)C1. The Morgan fingerprint density at radius 2 is 1.78 bits per heavy atom. The fourth-order valence-electron chi connectivity index (χ4n) is 3.40. The van der Waals surface area contributed by atoms with Crippen LogP contribution in [0.5, 0.6) is 0 Å². The summed E-state index contributed by atoms with van der Waals surface area (Å²) in [6, 6.07) is 0.637. The zero-order chi connectivity index (χ0) is 17.0. The highest BCUT2D eigenvalue weighted by Gasteiger charge is 2.33. The van der Waals surface area contributed by atoms with Crippen LogP contribution in [0.25, 0.3) is 0 Å². The molecule has 0 aromatic rings. The fraction of sp³-hybridized carbons (Fsp3) is 0.875. The van der Waals surface area contributed by atoms with Crippen molar-refractivity contribution in [1.82, 2.24) is 10.2 Å². The van der Waals surface area contributed by atoms with Crippen molar-refractivity contribution in [2.24, 2.45) is 5.73 Å². The molecule has 1 atom stereocenters. The minimum atomic E-state index is -0.684. The van der Waals surface area contributed by atoms with Crippen LogP contribution in [0.15, 0.2) is 0 Å². The van der Waals surface area contributed by atoms with Gasteiger partial charge in [-0.15, -0.1) is 0 Å². The summed E-state index contributed by atoms with van der Waals surface area (Å²) in [6.45, 7) is 7.41. The summed E-state index contributed by atoms with van der Waals surface area (Å²) in [5.74, 6) is 0. The lowest BCUT2D eigenvalue weighted by Gasteiger charge is -2.34. The maximum Gasteiger partial charge on any atom is 0.407 e. The number of hydrogen-bond acceptors (Lipinski definition) is 5. The smallest absolute Gasteiger partial charge is 0.407 e. The molecule has 7 nitrogen and oxygen atoms in total. The van der Waals surface area contributed by atoms with Crippen LogP contribution in [0.4, 0.5) is 9.59 Å². The number of nitrogens with one attached hydrogen (secondary N) is 1. The van der Waals surface area contributed by atoms with Crippen molar-refractivity contribution in [2.75, 3.05) is 13.1 Å². The zero-order valence-corrected chi connectivity index (χ0v) is 14.3. The van der Waals surface area contributed by atoms with Crippen LogP contribution in [0.3, 0.4) is 0 Å². The van der Waals surface area contributed by atoms with E-state index in [4.69, 9.17) is 15.2 Å². The average molecular weight is 327 g/mol. The van der Waals surface area contributed by atoms with E-state index >= 15 is 0 Å². The van der Waals surface area contributed by atoms with E-state index in [9.17, 15) is 9.59 Å². The average Bonchev–Trinajstić information content (AvgIpc) is 2.85. The molecule has 2 amide bonds. The molecule has 0 bridgehead atoms. The normalized spacial score (nSPS) is 29.1. The molecular formula is C16H29N3O4. The lowest BCUT2D eigenvalue weighted by Crippen LogP contribution is -2.43. The van der Waals surface area contributed by atoms with Crippen LogP contribution < -0.4 is 11.1 Å². The van der Waals surface area contributed by atoms with Gasteiger partial charge >= 0.3 is 12.2 Å². The highest BCUT2D eigenvalue weighted by molar-refractivity contribution is 5.68. The van der Waals surface area contributed by atoms with E-state index in [1.165, 1.54) is 0 Å².